The van der Waals surface area contributed by atoms with Crippen molar-refractivity contribution < 1.29 is 14.6 Å². The molecule has 5 aromatic rings. The second kappa shape index (κ2) is 9.01. The highest BCUT2D eigenvalue weighted by Gasteiger charge is 2.16. The van der Waals surface area contributed by atoms with Crippen molar-refractivity contribution in [3.63, 3.8) is 0 Å². The van der Waals surface area contributed by atoms with Crippen LogP contribution in [0.25, 0.3) is 22.1 Å². The molecular formula is C27H22O3. The van der Waals surface area contributed by atoms with Gasteiger partial charge in [0.05, 0.1) is 0 Å². The van der Waals surface area contributed by atoms with Gasteiger partial charge in [-0.1, -0.05) is 78.9 Å². The van der Waals surface area contributed by atoms with E-state index in [2.05, 4.69) is 18.2 Å². The minimum atomic E-state index is 0.270. The molecule has 0 aliphatic heterocycles. The van der Waals surface area contributed by atoms with Crippen molar-refractivity contribution in [3.05, 3.63) is 121 Å². The maximum Gasteiger partial charge on any atom is 0.134 e. The van der Waals surface area contributed by atoms with Gasteiger partial charge in [-0.15, -0.1) is 0 Å². The van der Waals surface area contributed by atoms with E-state index in [4.69, 9.17) is 9.52 Å². The summed E-state index contributed by atoms with van der Waals surface area (Å²) in [6, 6.07) is 34.4. The average molecular weight is 394 g/mol. The Labute approximate surface area is 175 Å². The number of fused-ring (bicyclic) bond motifs is 1. The standard InChI is InChI=1S/C21H16O2.C6H6O/c22-17-12-10-16(11-13-17)21-18-8-4-5-9-19(18)23-20(21)14-15-6-2-1-3-7-15;7-6-4-2-1-3-5-6/h1-13,22H,14H2;1-5,7H. The maximum absolute atomic E-state index is 9.55. The van der Waals surface area contributed by atoms with Gasteiger partial charge in [0.15, 0.2) is 0 Å². The Morgan fingerprint density at radius 2 is 1.13 bits per heavy atom. The van der Waals surface area contributed by atoms with Crippen LogP contribution in [0.4, 0.5) is 0 Å². The number of hydrogen-bond donors (Lipinski definition) is 2. The van der Waals surface area contributed by atoms with Gasteiger partial charge in [-0.3, -0.25) is 0 Å². The summed E-state index contributed by atoms with van der Waals surface area (Å²) >= 11 is 0. The number of phenols is 2. The van der Waals surface area contributed by atoms with Gasteiger partial charge in [-0.2, -0.15) is 0 Å². The molecular weight excluding hydrogens is 372 g/mol. The zero-order valence-electron chi connectivity index (χ0n) is 16.4. The van der Waals surface area contributed by atoms with Gasteiger partial charge in [0.25, 0.3) is 0 Å². The smallest absolute Gasteiger partial charge is 0.134 e. The van der Waals surface area contributed by atoms with Crippen LogP contribution in [0.2, 0.25) is 0 Å². The molecule has 0 aliphatic rings. The first kappa shape index (κ1) is 19.3. The van der Waals surface area contributed by atoms with Gasteiger partial charge < -0.3 is 14.6 Å². The summed E-state index contributed by atoms with van der Waals surface area (Å²) in [5.41, 5.74) is 4.26. The molecule has 5 rings (SSSR count). The summed E-state index contributed by atoms with van der Waals surface area (Å²) in [6.07, 6.45) is 0.742. The minimum absolute atomic E-state index is 0.270. The summed E-state index contributed by atoms with van der Waals surface area (Å²) in [6.45, 7) is 0. The fraction of sp³-hybridized carbons (Fsp3) is 0.0370. The quantitative estimate of drug-likeness (QED) is 0.354. The Bertz CT molecular complexity index is 1210. The highest BCUT2D eigenvalue weighted by molar-refractivity contribution is 5.95. The number of phenolic OH excluding ortho intramolecular Hbond substituents is 2. The second-order valence-corrected chi connectivity index (χ2v) is 6.94. The van der Waals surface area contributed by atoms with Crippen LogP contribution in [0, 0.1) is 0 Å². The van der Waals surface area contributed by atoms with Crippen LogP contribution in [0.3, 0.4) is 0 Å². The van der Waals surface area contributed by atoms with Crippen molar-refractivity contribution in [1.82, 2.24) is 0 Å². The lowest BCUT2D eigenvalue weighted by Gasteiger charge is -2.04. The number of rotatable bonds is 3. The number of furan rings is 1. The molecule has 30 heavy (non-hydrogen) atoms. The van der Waals surface area contributed by atoms with Crippen molar-refractivity contribution in [3.8, 4) is 22.6 Å². The topological polar surface area (TPSA) is 53.6 Å². The Morgan fingerprint density at radius 3 is 1.77 bits per heavy atom. The van der Waals surface area contributed by atoms with Gasteiger partial charge in [0.1, 0.15) is 22.8 Å². The molecule has 1 heterocycles. The molecule has 0 radical (unpaired) electrons. The van der Waals surface area contributed by atoms with E-state index in [0.717, 1.165) is 34.3 Å². The first-order chi connectivity index (χ1) is 14.7. The third-order valence-corrected chi connectivity index (χ3v) is 4.79. The van der Waals surface area contributed by atoms with Crippen LogP contribution in [-0.4, -0.2) is 10.2 Å². The van der Waals surface area contributed by atoms with E-state index in [-0.39, 0.29) is 5.75 Å². The second-order valence-electron chi connectivity index (χ2n) is 6.94. The minimum Gasteiger partial charge on any atom is -0.508 e. The molecule has 0 spiro atoms. The third-order valence-electron chi connectivity index (χ3n) is 4.79. The number of para-hydroxylation sites is 2. The van der Waals surface area contributed by atoms with Crippen molar-refractivity contribution in [1.29, 1.82) is 0 Å². The molecule has 0 fully saturated rings. The fourth-order valence-corrected chi connectivity index (χ4v) is 3.37. The van der Waals surface area contributed by atoms with Gasteiger partial charge in [0, 0.05) is 17.4 Å². The zero-order valence-corrected chi connectivity index (χ0v) is 16.4. The lowest BCUT2D eigenvalue weighted by Crippen LogP contribution is -1.88. The molecule has 0 saturated carbocycles. The molecule has 2 N–H and O–H groups in total. The highest BCUT2D eigenvalue weighted by Crippen LogP contribution is 2.36. The van der Waals surface area contributed by atoms with Crippen LogP contribution >= 0.6 is 0 Å². The lowest BCUT2D eigenvalue weighted by atomic mass is 9.98. The molecule has 0 saturated heterocycles. The Kier molecular flexibility index (Phi) is 5.81. The lowest BCUT2D eigenvalue weighted by molar-refractivity contribution is 0.475. The molecule has 0 unspecified atom stereocenters. The predicted molar refractivity (Wildman–Crippen MR) is 121 cm³/mol. The SMILES string of the molecule is Oc1ccc(-c2c(Cc3ccccc3)oc3ccccc23)cc1.Oc1ccccc1. The number of aromatic hydroxyl groups is 2. The zero-order chi connectivity index (χ0) is 20.8. The normalized spacial score (nSPS) is 10.4. The van der Waals surface area contributed by atoms with E-state index in [1.165, 1.54) is 5.56 Å². The van der Waals surface area contributed by atoms with Crippen LogP contribution < -0.4 is 0 Å². The summed E-state index contributed by atoms with van der Waals surface area (Å²) in [5, 5.41) is 19.3. The summed E-state index contributed by atoms with van der Waals surface area (Å²) in [4.78, 5) is 0. The van der Waals surface area contributed by atoms with E-state index in [1.807, 2.05) is 54.6 Å². The summed E-state index contributed by atoms with van der Waals surface area (Å²) in [5.74, 6) is 1.54. The first-order valence-electron chi connectivity index (χ1n) is 9.78. The Morgan fingerprint density at radius 1 is 0.567 bits per heavy atom. The van der Waals surface area contributed by atoms with Crippen molar-refractivity contribution >= 4 is 11.0 Å². The van der Waals surface area contributed by atoms with Gasteiger partial charge >= 0.3 is 0 Å². The largest absolute Gasteiger partial charge is 0.508 e. The maximum atomic E-state index is 9.55. The molecule has 148 valence electrons. The fourth-order valence-electron chi connectivity index (χ4n) is 3.37. The van der Waals surface area contributed by atoms with Crippen LogP contribution in [-0.2, 0) is 6.42 Å². The van der Waals surface area contributed by atoms with Crippen LogP contribution in [0.1, 0.15) is 11.3 Å². The predicted octanol–water partition coefficient (Wildman–Crippen LogP) is 6.79. The van der Waals surface area contributed by atoms with E-state index >= 15 is 0 Å². The van der Waals surface area contributed by atoms with Crippen molar-refractivity contribution in [2.75, 3.05) is 0 Å². The highest BCUT2D eigenvalue weighted by atomic mass is 16.3. The van der Waals surface area contributed by atoms with Crippen LogP contribution in [0.5, 0.6) is 11.5 Å². The van der Waals surface area contributed by atoms with Crippen LogP contribution in [0.15, 0.2) is 114 Å². The van der Waals surface area contributed by atoms with E-state index in [1.54, 1.807) is 36.4 Å². The molecule has 3 nitrogen and oxygen atoms in total. The van der Waals surface area contributed by atoms with E-state index in [9.17, 15) is 5.11 Å². The van der Waals surface area contributed by atoms with Gasteiger partial charge in [-0.25, -0.2) is 0 Å². The van der Waals surface area contributed by atoms with E-state index in [0.29, 0.717) is 5.75 Å². The third kappa shape index (κ3) is 4.53. The number of benzene rings is 4. The molecule has 0 aliphatic carbocycles. The van der Waals surface area contributed by atoms with Crippen molar-refractivity contribution in [2.24, 2.45) is 0 Å². The molecule has 0 amide bonds. The van der Waals surface area contributed by atoms with Gasteiger partial charge in [-0.05, 0) is 41.5 Å². The summed E-state index contributed by atoms with van der Waals surface area (Å²) in [7, 11) is 0. The van der Waals surface area contributed by atoms with E-state index < -0.39 is 0 Å². The monoisotopic (exact) mass is 394 g/mol. The molecule has 4 aromatic carbocycles. The average Bonchev–Trinajstić information content (AvgIpc) is 3.14. The summed E-state index contributed by atoms with van der Waals surface area (Å²) < 4.78 is 6.13. The Balaban J connectivity index is 0.000000265. The molecule has 1 aromatic heterocycles. The Hall–Kier alpha value is -3.98. The molecule has 0 atom stereocenters. The molecule has 3 heteroatoms. The van der Waals surface area contributed by atoms with Crippen molar-refractivity contribution in [2.45, 2.75) is 6.42 Å². The molecule has 0 bridgehead atoms. The van der Waals surface area contributed by atoms with Gasteiger partial charge in [0.2, 0.25) is 0 Å². The number of hydrogen-bond acceptors (Lipinski definition) is 3. The first-order valence-corrected chi connectivity index (χ1v) is 9.78.